The summed E-state index contributed by atoms with van der Waals surface area (Å²) in [7, 11) is 1.84. The average Bonchev–Trinajstić information content (AvgIpc) is 2.82. The molecule has 0 bridgehead atoms. The predicted octanol–water partition coefficient (Wildman–Crippen LogP) is 0.242. The van der Waals surface area contributed by atoms with E-state index in [0.29, 0.717) is 19.4 Å². The van der Waals surface area contributed by atoms with Crippen molar-refractivity contribution in [2.24, 2.45) is 23.4 Å². The van der Waals surface area contributed by atoms with Gasteiger partial charge in [-0.25, -0.2) is 0 Å². The number of amides is 1. The minimum atomic E-state index is -0.987. The fourth-order valence-corrected chi connectivity index (χ4v) is 1.66. The summed E-state index contributed by atoms with van der Waals surface area (Å²) in [6, 6.07) is 1.90. The van der Waals surface area contributed by atoms with Gasteiger partial charge < -0.3 is 16.3 Å². The first-order valence-corrected chi connectivity index (χ1v) is 6.19. The van der Waals surface area contributed by atoms with Crippen LogP contribution in [0.25, 0.3) is 0 Å². The highest BCUT2D eigenvalue weighted by molar-refractivity contribution is 6.06. The Hall–Kier alpha value is -2.05. The first kappa shape index (κ1) is 15.0. The Bertz CT molecular complexity index is 468. The summed E-state index contributed by atoms with van der Waals surface area (Å²) in [4.78, 5) is 12.1. The van der Waals surface area contributed by atoms with Crippen LogP contribution in [0.5, 0.6) is 0 Å². The van der Waals surface area contributed by atoms with Gasteiger partial charge in [0.2, 0.25) is 5.91 Å². The third-order valence-corrected chi connectivity index (χ3v) is 3.32. The Morgan fingerprint density at radius 1 is 1.68 bits per heavy atom. The van der Waals surface area contributed by atoms with Gasteiger partial charge in [-0.2, -0.15) is 5.10 Å². The minimum Gasteiger partial charge on any atom is -0.409 e. The molecule has 0 aromatic carbocycles. The number of hydrogen-bond donors (Lipinski definition) is 3. The van der Waals surface area contributed by atoms with Crippen LogP contribution in [0.1, 0.15) is 26.0 Å². The number of nitrogens with zero attached hydrogens (tertiary/aromatic N) is 3. The molecule has 0 aliphatic carbocycles. The van der Waals surface area contributed by atoms with Crippen molar-refractivity contribution >= 4 is 11.7 Å². The number of oxime groups is 1. The third kappa shape index (κ3) is 3.46. The van der Waals surface area contributed by atoms with Crippen LogP contribution in [0.4, 0.5) is 0 Å². The van der Waals surface area contributed by atoms with Gasteiger partial charge in [-0.1, -0.05) is 12.1 Å². The molecule has 106 valence electrons. The topological polar surface area (TPSA) is 106 Å². The van der Waals surface area contributed by atoms with Gasteiger partial charge >= 0.3 is 0 Å². The molecule has 0 saturated carbocycles. The van der Waals surface area contributed by atoms with Gasteiger partial charge in [-0.05, 0) is 19.4 Å². The van der Waals surface area contributed by atoms with Crippen LogP contribution in [0.15, 0.2) is 17.4 Å². The van der Waals surface area contributed by atoms with E-state index in [2.05, 4.69) is 15.6 Å². The molecule has 0 aliphatic rings. The van der Waals surface area contributed by atoms with Gasteiger partial charge in [0.25, 0.3) is 0 Å². The van der Waals surface area contributed by atoms with Crippen molar-refractivity contribution < 1.29 is 10.0 Å². The van der Waals surface area contributed by atoms with E-state index < -0.39 is 5.41 Å². The minimum absolute atomic E-state index is 0.0784. The second-order valence-corrected chi connectivity index (χ2v) is 4.66. The highest BCUT2D eigenvalue weighted by Crippen LogP contribution is 2.21. The molecule has 0 spiro atoms. The Balaban J connectivity index is 2.54. The highest BCUT2D eigenvalue weighted by atomic mass is 16.4. The molecule has 7 heteroatoms. The SMILES string of the molecule is CCC(C)(C(=O)NCCc1ccn(C)n1)/C(N)=N/O. The van der Waals surface area contributed by atoms with Crippen molar-refractivity contribution in [2.45, 2.75) is 26.7 Å². The molecular formula is C12H21N5O2. The Morgan fingerprint density at radius 3 is 2.84 bits per heavy atom. The van der Waals surface area contributed by atoms with E-state index in [1.807, 2.05) is 26.2 Å². The van der Waals surface area contributed by atoms with E-state index in [9.17, 15) is 4.79 Å². The lowest BCUT2D eigenvalue weighted by atomic mass is 9.85. The van der Waals surface area contributed by atoms with Crippen molar-refractivity contribution in [1.82, 2.24) is 15.1 Å². The maximum Gasteiger partial charge on any atom is 0.233 e. The molecule has 1 heterocycles. The lowest BCUT2D eigenvalue weighted by molar-refractivity contribution is -0.127. The molecule has 4 N–H and O–H groups in total. The third-order valence-electron chi connectivity index (χ3n) is 3.32. The summed E-state index contributed by atoms with van der Waals surface area (Å²) >= 11 is 0. The molecule has 0 fully saturated rings. The molecule has 1 aromatic rings. The van der Waals surface area contributed by atoms with Crippen LogP contribution in [0.3, 0.4) is 0 Å². The monoisotopic (exact) mass is 267 g/mol. The second-order valence-electron chi connectivity index (χ2n) is 4.66. The summed E-state index contributed by atoms with van der Waals surface area (Å²) in [6.45, 7) is 3.93. The number of aromatic nitrogens is 2. The second kappa shape index (κ2) is 6.21. The molecule has 1 amide bonds. The van der Waals surface area contributed by atoms with Crippen molar-refractivity contribution in [3.63, 3.8) is 0 Å². The molecule has 1 aromatic heterocycles. The quantitative estimate of drug-likeness (QED) is 0.297. The molecule has 7 nitrogen and oxygen atoms in total. The highest BCUT2D eigenvalue weighted by Gasteiger charge is 2.36. The predicted molar refractivity (Wildman–Crippen MR) is 71.7 cm³/mol. The van der Waals surface area contributed by atoms with E-state index in [4.69, 9.17) is 10.9 Å². The normalized spacial score (nSPS) is 15.0. The van der Waals surface area contributed by atoms with Crippen LogP contribution in [-0.4, -0.2) is 33.3 Å². The van der Waals surface area contributed by atoms with Crippen LogP contribution in [-0.2, 0) is 18.3 Å². The Kier molecular flexibility index (Phi) is 4.91. The van der Waals surface area contributed by atoms with Gasteiger partial charge in [0, 0.05) is 26.2 Å². The molecule has 0 aliphatic heterocycles. The van der Waals surface area contributed by atoms with Gasteiger partial charge in [0.05, 0.1) is 5.69 Å². The summed E-state index contributed by atoms with van der Waals surface area (Å²) in [5.41, 5.74) is 5.49. The van der Waals surface area contributed by atoms with Crippen LogP contribution >= 0.6 is 0 Å². The Morgan fingerprint density at radius 2 is 2.37 bits per heavy atom. The zero-order chi connectivity index (χ0) is 14.5. The summed E-state index contributed by atoms with van der Waals surface area (Å²) in [5, 5.41) is 18.7. The zero-order valence-corrected chi connectivity index (χ0v) is 11.6. The van der Waals surface area contributed by atoms with Crippen LogP contribution in [0, 0.1) is 5.41 Å². The molecule has 0 saturated heterocycles. The van der Waals surface area contributed by atoms with Gasteiger partial charge in [-0.3, -0.25) is 9.48 Å². The number of amidine groups is 1. The average molecular weight is 267 g/mol. The van der Waals surface area contributed by atoms with E-state index >= 15 is 0 Å². The fourth-order valence-electron chi connectivity index (χ4n) is 1.66. The van der Waals surface area contributed by atoms with Crippen molar-refractivity contribution in [3.05, 3.63) is 18.0 Å². The largest absolute Gasteiger partial charge is 0.409 e. The van der Waals surface area contributed by atoms with Crippen LogP contribution in [0.2, 0.25) is 0 Å². The van der Waals surface area contributed by atoms with Crippen molar-refractivity contribution in [2.75, 3.05) is 6.54 Å². The number of aryl methyl sites for hydroxylation is 1. The van der Waals surface area contributed by atoms with Crippen molar-refractivity contribution in [1.29, 1.82) is 0 Å². The molecule has 1 atom stereocenters. The number of carbonyl (C=O) groups excluding carboxylic acids is 1. The number of hydrogen-bond acceptors (Lipinski definition) is 4. The zero-order valence-electron chi connectivity index (χ0n) is 11.6. The Labute approximate surface area is 112 Å². The standard InChI is InChI=1S/C12H21N5O2/c1-4-12(2,10(13)16-19)11(18)14-7-5-9-6-8-17(3)15-9/h6,8,19H,4-5,7H2,1-3H3,(H2,13,16)(H,14,18). The number of nitrogens with one attached hydrogen (secondary N) is 1. The van der Waals surface area contributed by atoms with E-state index in [1.54, 1.807) is 11.6 Å². The van der Waals surface area contributed by atoms with E-state index in [-0.39, 0.29) is 11.7 Å². The molecule has 0 radical (unpaired) electrons. The lowest BCUT2D eigenvalue weighted by Gasteiger charge is -2.25. The molecule has 1 rings (SSSR count). The van der Waals surface area contributed by atoms with Crippen LogP contribution < -0.4 is 11.1 Å². The molecule has 1 unspecified atom stereocenters. The number of carbonyl (C=O) groups is 1. The summed E-state index contributed by atoms with van der Waals surface area (Å²) in [5.74, 6) is -0.327. The summed E-state index contributed by atoms with van der Waals surface area (Å²) < 4.78 is 1.71. The van der Waals surface area contributed by atoms with Gasteiger partial charge in [-0.15, -0.1) is 0 Å². The first-order chi connectivity index (χ1) is 8.93. The molecular weight excluding hydrogens is 246 g/mol. The number of nitrogens with two attached hydrogens (primary N) is 1. The van der Waals surface area contributed by atoms with E-state index in [1.165, 1.54) is 0 Å². The lowest BCUT2D eigenvalue weighted by Crippen LogP contribution is -2.48. The smallest absolute Gasteiger partial charge is 0.233 e. The number of rotatable bonds is 6. The van der Waals surface area contributed by atoms with Gasteiger partial charge in [0.1, 0.15) is 5.41 Å². The van der Waals surface area contributed by atoms with E-state index in [0.717, 1.165) is 5.69 Å². The maximum atomic E-state index is 12.1. The van der Waals surface area contributed by atoms with Crippen molar-refractivity contribution in [3.8, 4) is 0 Å². The maximum absolute atomic E-state index is 12.1. The molecule has 19 heavy (non-hydrogen) atoms. The van der Waals surface area contributed by atoms with Gasteiger partial charge in [0.15, 0.2) is 5.84 Å². The first-order valence-electron chi connectivity index (χ1n) is 6.19. The summed E-state index contributed by atoms with van der Waals surface area (Å²) in [6.07, 6.45) is 2.95. The fraction of sp³-hybridized carbons (Fsp3) is 0.583.